The molecule has 0 saturated heterocycles. The van der Waals surface area contributed by atoms with Gasteiger partial charge in [-0.3, -0.25) is 4.79 Å². The van der Waals surface area contributed by atoms with E-state index in [4.69, 9.17) is 10.8 Å². The third-order valence-corrected chi connectivity index (χ3v) is 2.41. The molecule has 3 nitrogen and oxygen atoms in total. The van der Waals surface area contributed by atoms with E-state index in [2.05, 4.69) is 13.8 Å². The zero-order chi connectivity index (χ0) is 11.4. The molecule has 0 saturated carbocycles. The highest BCUT2D eigenvalue weighted by molar-refractivity contribution is 5.70. The fourth-order valence-corrected chi connectivity index (χ4v) is 1.47. The minimum Gasteiger partial charge on any atom is -0.481 e. The molecule has 3 N–H and O–H groups in total. The Bertz CT molecular complexity index is 347. The number of carbonyl (C=O) groups is 1. The van der Waals surface area contributed by atoms with Crippen molar-refractivity contribution in [3.05, 3.63) is 35.4 Å². The summed E-state index contributed by atoms with van der Waals surface area (Å²) in [6.45, 7) is 4.10. The lowest BCUT2D eigenvalue weighted by Crippen LogP contribution is -2.17. The molecule has 1 aromatic rings. The molecule has 0 aliphatic carbocycles. The van der Waals surface area contributed by atoms with Gasteiger partial charge in [0.25, 0.3) is 0 Å². The molecule has 3 heteroatoms. The predicted molar refractivity (Wildman–Crippen MR) is 59.5 cm³/mol. The number of hydrogen-bond donors (Lipinski definition) is 2. The molecule has 0 spiro atoms. The smallest absolute Gasteiger partial charge is 0.307 e. The molecule has 82 valence electrons. The molecule has 0 amide bonds. The molecule has 1 atom stereocenters. The number of aliphatic carboxylic acids is 1. The van der Waals surface area contributed by atoms with Crippen molar-refractivity contribution >= 4 is 5.97 Å². The molecule has 15 heavy (non-hydrogen) atoms. The molecule has 0 fully saturated rings. The normalized spacial score (nSPS) is 12.8. The highest BCUT2D eigenvalue weighted by Crippen LogP contribution is 2.19. The Kier molecular flexibility index (Phi) is 3.86. The Balaban J connectivity index is 2.87. The van der Waals surface area contributed by atoms with Crippen LogP contribution in [0.3, 0.4) is 0 Å². The van der Waals surface area contributed by atoms with E-state index in [0.717, 1.165) is 11.1 Å². The van der Waals surface area contributed by atoms with Gasteiger partial charge in [0, 0.05) is 6.04 Å². The standard InChI is InChI=1S/C12H17NO2/c1-8(2)12(13)10-5-3-4-9(6-10)7-11(14)15/h3-6,8,12H,7,13H2,1-2H3,(H,14,15). The summed E-state index contributed by atoms with van der Waals surface area (Å²) in [5.74, 6) is -0.463. The minimum atomic E-state index is -0.815. The van der Waals surface area contributed by atoms with E-state index in [1.54, 1.807) is 0 Å². The van der Waals surface area contributed by atoms with Crippen LogP contribution in [0.4, 0.5) is 0 Å². The van der Waals surface area contributed by atoms with E-state index in [-0.39, 0.29) is 12.5 Å². The van der Waals surface area contributed by atoms with E-state index in [0.29, 0.717) is 5.92 Å². The maximum atomic E-state index is 10.6. The number of rotatable bonds is 4. The summed E-state index contributed by atoms with van der Waals surface area (Å²) in [6, 6.07) is 7.45. The van der Waals surface area contributed by atoms with Crippen LogP contribution in [0.25, 0.3) is 0 Å². The zero-order valence-electron chi connectivity index (χ0n) is 9.10. The molecular weight excluding hydrogens is 190 g/mol. The lowest BCUT2D eigenvalue weighted by Gasteiger charge is -2.16. The number of carboxylic acids is 1. The summed E-state index contributed by atoms with van der Waals surface area (Å²) in [5.41, 5.74) is 7.80. The summed E-state index contributed by atoms with van der Waals surface area (Å²) < 4.78 is 0. The van der Waals surface area contributed by atoms with Crippen LogP contribution in [0.2, 0.25) is 0 Å². The van der Waals surface area contributed by atoms with Gasteiger partial charge < -0.3 is 10.8 Å². The highest BCUT2D eigenvalue weighted by Gasteiger charge is 2.11. The lowest BCUT2D eigenvalue weighted by molar-refractivity contribution is -0.136. The molecule has 0 bridgehead atoms. The Morgan fingerprint density at radius 3 is 2.67 bits per heavy atom. The molecule has 0 aromatic heterocycles. The van der Waals surface area contributed by atoms with Crippen LogP contribution in [-0.2, 0) is 11.2 Å². The van der Waals surface area contributed by atoms with Crippen molar-refractivity contribution in [1.29, 1.82) is 0 Å². The molecule has 1 unspecified atom stereocenters. The molecule has 1 aromatic carbocycles. The van der Waals surface area contributed by atoms with E-state index < -0.39 is 5.97 Å². The van der Waals surface area contributed by atoms with E-state index in [1.165, 1.54) is 0 Å². The van der Waals surface area contributed by atoms with Crippen LogP contribution < -0.4 is 5.73 Å². The molecule has 0 aliphatic rings. The maximum Gasteiger partial charge on any atom is 0.307 e. The van der Waals surface area contributed by atoms with Crippen LogP contribution in [-0.4, -0.2) is 11.1 Å². The van der Waals surface area contributed by atoms with Crippen LogP contribution in [0.1, 0.15) is 31.0 Å². The van der Waals surface area contributed by atoms with E-state index in [9.17, 15) is 4.79 Å². The van der Waals surface area contributed by atoms with Crippen molar-refractivity contribution < 1.29 is 9.90 Å². The first-order valence-electron chi connectivity index (χ1n) is 5.07. The monoisotopic (exact) mass is 207 g/mol. The molecule has 0 heterocycles. The molecule has 0 aliphatic heterocycles. The number of carboxylic acid groups (broad SMARTS) is 1. The lowest BCUT2D eigenvalue weighted by atomic mass is 9.95. The average Bonchev–Trinajstić information content (AvgIpc) is 2.16. The number of nitrogens with two attached hydrogens (primary N) is 1. The highest BCUT2D eigenvalue weighted by atomic mass is 16.4. The van der Waals surface area contributed by atoms with Gasteiger partial charge >= 0.3 is 5.97 Å². The van der Waals surface area contributed by atoms with E-state index >= 15 is 0 Å². The minimum absolute atomic E-state index is 0.0289. The summed E-state index contributed by atoms with van der Waals surface area (Å²) in [4.78, 5) is 10.6. The van der Waals surface area contributed by atoms with Crippen molar-refractivity contribution in [2.75, 3.05) is 0 Å². The van der Waals surface area contributed by atoms with Gasteiger partial charge in [0.2, 0.25) is 0 Å². The second-order valence-electron chi connectivity index (χ2n) is 4.09. The Hall–Kier alpha value is -1.35. The first-order chi connectivity index (χ1) is 7.00. The van der Waals surface area contributed by atoms with E-state index in [1.807, 2.05) is 24.3 Å². The van der Waals surface area contributed by atoms with Crippen LogP contribution in [0.5, 0.6) is 0 Å². The molecule has 1 rings (SSSR count). The van der Waals surface area contributed by atoms with Crippen molar-refractivity contribution in [3.63, 3.8) is 0 Å². The maximum absolute atomic E-state index is 10.6. The zero-order valence-corrected chi connectivity index (χ0v) is 9.10. The average molecular weight is 207 g/mol. The van der Waals surface area contributed by atoms with Crippen LogP contribution in [0, 0.1) is 5.92 Å². The summed E-state index contributed by atoms with van der Waals surface area (Å²) >= 11 is 0. The third kappa shape index (κ3) is 3.36. The SMILES string of the molecule is CC(C)C(N)c1cccc(CC(=O)O)c1. The van der Waals surface area contributed by atoms with Crippen LogP contribution >= 0.6 is 0 Å². The summed E-state index contributed by atoms with van der Waals surface area (Å²) in [6.07, 6.45) is 0.0542. The Morgan fingerprint density at radius 1 is 1.47 bits per heavy atom. The van der Waals surface area contributed by atoms with Crippen molar-refractivity contribution in [3.8, 4) is 0 Å². The van der Waals surface area contributed by atoms with Gasteiger partial charge in [-0.2, -0.15) is 0 Å². The van der Waals surface area contributed by atoms with Crippen molar-refractivity contribution in [1.82, 2.24) is 0 Å². The Labute approximate surface area is 89.9 Å². The van der Waals surface area contributed by atoms with Gasteiger partial charge in [-0.1, -0.05) is 38.1 Å². The fourth-order valence-electron chi connectivity index (χ4n) is 1.47. The van der Waals surface area contributed by atoms with Gasteiger partial charge in [0.05, 0.1) is 6.42 Å². The topological polar surface area (TPSA) is 63.3 Å². The third-order valence-electron chi connectivity index (χ3n) is 2.41. The van der Waals surface area contributed by atoms with Gasteiger partial charge in [-0.15, -0.1) is 0 Å². The quantitative estimate of drug-likeness (QED) is 0.793. The fraction of sp³-hybridized carbons (Fsp3) is 0.417. The second kappa shape index (κ2) is 4.94. The summed E-state index contributed by atoms with van der Waals surface area (Å²) in [5, 5.41) is 8.67. The van der Waals surface area contributed by atoms with Gasteiger partial charge in [-0.25, -0.2) is 0 Å². The molecule has 0 radical (unpaired) electrons. The second-order valence-corrected chi connectivity index (χ2v) is 4.09. The number of benzene rings is 1. The van der Waals surface area contributed by atoms with Gasteiger partial charge in [-0.05, 0) is 17.0 Å². The van der Waals surface area contributed by atoms with Crippen LogP contribution in [0.15, 0.2) is 24.3 Å². The van der Waals surface area contributed by atoms with Gasteiger partial charge in [0.15, 0.2) is 0 Å². The van der Waals surface area contributed by atoms with Crippen molar-refractivity contribution in [2.45, 2.75) is 26.3 Å². The largest absolute Gasteiger partial charge is 0.481 e. The first kappa shape index (κ1) is 11.7. The predicted octanol–water partition coefficient (Wildman–Crippen LogP) is 1.97. The van der Waals surface area contributed by atoms with Gasteiger partial charge in [0.1, 0.15) is 0 Å². The summed E-state index contributed by atoms with van der Waals surface area (Å²) in [7, 11) is 0. The van der Waals surface area contributed by atoms with Crippen molar-refractivity contribution in [2.24, 2.45) is 11.7 Å². The molecular formula is C12H17NO2. The number of hydrogen-bond acceptors (Lipinski definition) is 2. The first-order valence-corrected chi connectivity index (χ1v) is 5.07. The Morgan fingerprint density at radius 2 is 2.13 bits per heavy atom.